The Hall–Kier alpha value is -2.31. The van der Waals surface area contributed by atoms with Gasteiger partial charge in [0.25, 0.3) is 5.56 Å². The van der Waals surface area contributed by atoms with E-state index in [1.54, 1.807) is 7.05 Å². The summed E-state index contributed by atoms with van der Waals surface area (Å²) < 4.78 is 1.27. The zero-order valence-corrected chi connectivity index (χ0v) is 7.81. The third-order valence-corrected chi connectivity index (χ3v) is 2.15. The second-order valence-corrected chi connectivity index (χ2v) is 3.07. The molecule has 0 unspecified atom stereocenters. The highest BCUT2D eigenvalue weighted by Gasteiger charge is 2.17. The molecule has 2 aromatic heterocycles. The minimum atomic E-state index is -1.16. The van der Waals surface area contributed by atoms with Crippen molar-refractivity contribution in [2.75, 3.05) is 5.73 Å². The molecule has 0 amide bonds. The van der Waals surface area contributed by atoms with E-state index in [0.717, 1.165) is 6.20 Å². The van der Waals surface area contributed by atoms with Gasteiger partial charge in [0, 0.05) is 13.2 Å². The van der Waals surface area contributed by atoms with Gasteiger partial charge < -0.3 is 15.8 Å². The molecule has 7 nitrogen and oxygen atoms in total. The molecule has 78 valence electrons. The Morgan fingerprint density at radius 2 is 2.33 bits per heavy atom. The number of anilines is 1. The number of hydrogen-bond donors (Lipinski definition) is 3. The van der Waals surface area contributed by atoms with Crippen molar-refractivity contribution in [1.82, 2.24) is 14.8 Å². The minimum Gasteiger partial charge on any atom is -0.478 e. The van der Waals surface area contributed by atoms with Crippen molar-refractivity contribution in [3.8, 4) is 0 Å². The van der Waals surface area contributed by atoms with Crippen LogP contribution in [0.15, 0.2) is 11.0 Å². The first-order valence-electron chi connectivity index (χ1n) is 4.09. The Morgan fingerprint density at radius 1 is 1.67 bits per heavy atom. The average Bonchev–Trinajstić information content (AvgIpc) is 2.44. The smallest absolute Gasteiger partial charge is 0.339 e. The fraction of sp³-hybridized carbons (Fsp3) is 0.125. The SMILES string of the molecule is Cn1nc2c(C(=O)O)c[nH]c(=O)c2c1N. The molecule has 2 aromatic rings. The summed E-state index contributed by atoms with van der Waals surface area (Å²) in [7, 11) is 1.54. The topological polar surface area (TPSA) is 114 Å². The Morgan fingerprint density at radius 3 is 2.93 bits per heavy atom. The molecule has 2 rings (SSSR count). The predicted molar refractivity (Wildman–Crippen MR) is 52.7 cm³/mol. The molecule has 2 heterocycles. The van der Waals surface area contributed by atoms with Crippen LogP contribution in [-0.4, -0.2) is 25.8 Å². The van der Waals surface area contributed by atoms with E-state index in [2.05, 4.69) is 10.1 Å². The second kappa shape index (κ2) is 2.84. The fourth-order valence-corrected chi connectivity index (χ4v) is 1.39. The highest BCUT2D eigenvalue weighted by molar-refractivity contribution is 6.03. The molecule has 0 aliphatic carbocycles. The van der Waals surface area contributed by atoms with Crippen molar-refractivity contribution in [2.45, 2.75) is 0 Å². The third kappa shape index (κ3) is 1.17. The van der Waals surface area contributed by atoms with Crippen LogP contribution in [0, 0.1) is 0 Å². The van der Waals surface area contributed by atoms with Gasteiger partial charge in [0.15, 0.2) is 0 Å². The number of hydrogen-bond acceptors (Lipinski definition) is 4. The van der Waals surface area contributed by atoms with E-state index in [-0.39, 0.29) is 22.3 Å². The fourth-order valence-electron chi connectivity index (χ4n) is 1.39. The number of H-pyrrole nitrogens is 1. The van der Waals surface area contributed by atoms with Gasteiger partial charge >= 0.3 is 5.97 Å². The van der Waals surface area contributed by atoms with Gasteiger partial charge in [-0.1, -0.05) is 0 Å². The van der Waals surface area contributed by atoms with Crippen LogP contribution < -0.4 is 11.3 Å². The summed E-state index contributed by atoms with van der Waals surface area (Å²) in [5.41, 5.74) is 5.18. The molecule has 0 aliphatic heterocycles. The standard InChI is InChI=1S/C8H8N4O3/c1-12-6(9)4-5(11-12)3(8(14)15)2-10-7(4)13/h2H,9H2,1H3,(H,10,13)(H,14,15). The first-order valence-corrected chi connectivity index (χ1v) is 4.09. The number of nitrogens with two attached hydrogens (primary N) is 1. The van der Waals surface area contributed by atoms with E-state index in [4.69, 9.17) is 10.8 Å². The number of rotatable bonds is 1. The van der Waals surface area contributed by atoms with Crippen molar-refractivity contribution in [3.63, 3.8) is 0 Å². The number of carboxylic acid groups (broad SMARTS) is 1. The number of aromatic nitrogens is 3. The van der Waals surface area contributed by atoms with Gasteiger partial charge in [-0.25, -0.2) is 4.79 Å². The molecule has 0 saturated carbocycles. The van der Waals surface area contributed by atoms with Gasteiger partial charge in [-0.2, -0.15) is 5.10 Å². The summed E-state index contributed by atoms with van der Waals surface area (Å²) in [5, 5.41) is 12.9. The molecule has 0 radical (unpaired) electrons. The highest BCUT2D eigenvalue weighted by atomic mass is 16.4. The van der Waals surface area contributed by atoms with E-state index in [9.17, 15) is 9.59 Å². The zero-order chi connectivity index (χ0) is 11.2. The van der Waals surface area contributed by atoms with Gasteiger partial charge in [0.05, 0.1) is 0 Å². The van der Waals surface area contributed by atoms with Crippen LogP contribution in [0.1, 0.15) is 10.4 Å². The van der Waals surface area contributed by atoms with E-state index in [0.29, 0.717) is 0 Å². The van der Waals surface area contributed by atoms with Crippen LogP contribution in [0.25, 0.3) is 10.9 Å². The molecule has 0 spiro atoms. The Bertz CT molecular complexity index is 610. The number of carbonyl (C=O) groups is 1. The lowest BCUT2D eigenvalue weighted by atomic mass is 10.2. The molecular formula is C8H8N4O3. The van der Waals surface area contributed by atoms with Gasteiger partial charge in [0.1, 0.15) is 22.3 Å². The molecule has 0 fully saturated rings. The summed E-state index contributed by atoms with van der Waals surface area (Å²) in [6.07, 6.45) is 1.11. The number of aryl methyl sites for hydroxylation is 1. The lowest BCUT2D eigenvalue weighted by Crippen LogP contribution is -2.10. The molecule has 7 heteroatoms. The second-order valence-electron chi connectivity index (χ2n) is 3.07. The first-order chi connectivity index (χ1) is 7.02. The number of pyridine rings is 1. The Kier molecular flexibility index (Phi) is 1.75. The van der Waals surface area contributed by atoms with Crippen molar-refractivity contribution in [1.29, 1.82) is 0 Å². The van der Waals surface area contributed by atoms with Gasteiger partial charge in [0.2, 0.25) is 0 Å². The van der Waals surface area contributed by atoms with Crippen LogP contribution in [0.3, 0.4) is 0 Å². The average molecular weight is 208 g/mol. The van der Waals surface area contributed by atoms with E-state index in [1.165, 1.54) is 4.68 Å². The molecule has 0 atom stereocenters. The van der Waals surface area contributed by atoms with Gasteiger partial charge in [-0.3, -0.25) is 9.48 Å². The number of aromatic carboxylic acids is 1. The maximum Gasteiger partial charge on any atom is 0.339 e. The first kappa shape index (κ1) is 9.25. The van der Waals surface area contributed by atoms with Crippen LogP contribution in [0.2, 0.25) is 0 Å². The van der Waals surface area contributed by atoms with Crippen molar-refractivity contribution >= 4 is 22.7 Å². The number of fused-ring (bicyclic) bond motifs is 1. The third-order valence-electron chi connectivity index (χ3n) is 2.15. The Balaban J connectivity index is 3.01. The van der Waals surface area contributed by atoms with Gasteiger partial charge in [-0.05, 0) is 0 Å². The molecular weight excluding hydrogens is 200 g/mol. The molecule has 4 N–H and O–H groups in total. The quantitative estimate of drug-likeness (QED) is 0.586. The molecule has 0 saturated heterocycles. The molecule has 0 aromatic carbocycles. The number of nitrogens with one attached hydrogen (secondary N) is 1. The molecule has 0 bridgehead atoms. The number of aromatic amines is 1. The van der Waals surface area contributed by atoms with Crippen LogP contribution in [0.4, 0.5) is 5.82 Å². The summed E-state index contributed by atoms with van der Waals surface area (Å²) in [6.45, 7) is 0. The van der Waals surface area contributed by atoms with Gasteiger partial charge in [-0.15, -0.1) is 0 Å². The maximum absolute atomic E-state index is 11.4. The molecule has 0 aliphatic rings. The van der Waals surface area contributed by atoms with Crippen molar-refractivity contribution < 1.29 is 9.90 Å². The van der Waals surface area contributed by atoms with Crippen molar-refractivity contribution in [2.24, 2.45) is 7.05 Å². The van der Waals surface area contributed by atoms with Crippen molar-refractivity contribution in [3.05, 3.63) is 22.1 Å². The normalized spacial score (nSPS) is 10.7. The van der Waals surface area contributed by atoms with E-state index < -0.39 is 11.5 Å². The minimum absolute atomic E-state index is 0.0723. The Labute approximate surface area is 83.1 Å². The van der Waals surface area contributed by atoms with E-state index >= 15 is 0 Å². The molecule has 15 heavy (non-hydrogen) atoms. The summed E-state index contributed by atoms with van der Waals surface area (Å²) in [5.74, 6) is -1.01. The van der Waals surface area contributed by atoms with E-state index in [1.807, 2.05) is 0 Å². The van der Waals surface area contributed by atoms with Crippen LogP contribution >= 0.6 is 0 Å². The van der Waals surface area contributed by atoms with Crippen LogP contribution in [-0.2, 0) is 7.05 Å². The summed E-state index contributed by atoms with van der Waals surface area (Å²) in [6, 6.07) is 0. The summed E-state index contributed by atoms with van der Waals surface area (Å²) >= 11 is 0. The number of nitrogens with zero attached hydrogens (tertiary/aromatic N) is 2. The lowest BCUT2D eigenvalue weighted by molar-refractivity contribution is 0.0698. The monoisotopic (exact) mass is 208 g/mol. The zero-order valence-electron chi connectivity index (χ0n) is 7.81. The highest BCUT2D eigenvalue weighted by Crippen LogP contribution is 2.18. The van der Waals surface area contributed by atoms with Crippen LogP contribution in [0.5, 0.6) is 0 Å². The largest absolute Gasteiger partial charge is 0.478 e. The summed E-state index contributed by atoms with van der Waals surface area (Å²) in [4.78, 5) is 24.5. The number of carboxylic acids is 1. The maximum atomic E-state index is 11.4. The lowest BCUT2D eigenvalue weighted by Gasteiger charge is -1.94. The number of nitrogen functional groups attached to an aromatic ring is 1. The predicted octanol–water partition coefficient (Wildman–Crippen LogP) is -0.458.